The maximum Gasteiger partial charge on any atom is 0.228 e. The molecule has 1 aromatic carbocycles. The zero-order valence-electron chi connectivity index (χ0n) is 17.1. The minimum Gasteiger partial charge on any atom is -0.338 e. The first-order chi connectivity index (χ1) is 13.4. The van der Waals surface area contributed by atoms with Gasteiger partial charge in [-0.05, 0) is 58.1 Å². The van der Waals surface area contributed by atoms with Crippen molar-refractivity contribution < 1.29 is 9.18 Å². The predicted molar refractivity (Wildman–Crippen MR) is 113 cm³/mol. The summed E-state index contributed by atoms with van der Waals surface area (Å²) in [6.45, 7) is 3.59. The van der Waals surface area contributed by atoms with Gasteiger partial charge in [0.25, 0.3) is 0 Å². The highest BCUT2D eigenvalue weighted by Gasteiger charge is 2.26. The third-order valence-corrected chi connectivity index (χ3v) is 6.33. The van der Waals surface area contributed by atoms with E-state index in [1.807, 2.05) is 21.0 Å². The lowest BCUT2D eigenvalue weighted by Crippen LogP contribution is -2.45. The highest BCUT2D eigenvalue weighted by molar-refractivity contribution is 7.12. The second-order valence-electron chi connectivity index (χ2n) is 7.87. The summed E-state index contributed by atoms with van der Waals surface area (Å²) in [4.78, 5) is 23.1. The van der Waals surface area contributed by atoms with Crippen LogP contribution in [0.15, 0.2) is 24.3 Å². The first kappa shape index (κ1) is 20.9. The fourth-order valence-corrected chi connectivity index (χ4v) is 4.82. The number of aryl methyl sites for hydroxylation is 1. The summed E-state index contributed by atoms with van der Waals surface area (Å²) < 4.78 is 13.3. The van der Waals surface area contributed by atoms with Gasteiger partial charge in [0.1, 0.15) is 5.82 Å². The lowest BCUT2D eigenvalue weighted by Gasteiger charge is -2.35. The Morgan fingerprint density at radius 3 is 2.46 bits per heavy atom. The number of likely N-dealkylation sites (N-methyl/N-ethyl adjacent to an activating group) is 1. The van der Waals surface area contributed by atoms with Crippen molar-refractivity contribution in [1.82, 2.24) is 14.8 Å². The van der Waals surface area contributed by atoms with Crippen LogP contribution in [-0.2, 0) is 11.2 Å². The smallest absolute Gasteiger partial charge is 0.228 e. The van der Waals surface area contributed by atoms with Crippen LogP contribution in [0.2, 0.25) is 0 Å². The molecule has 0 saturated heterocycles. The van der Waals surface area contributed by atoms with Crippen LogP contribution in [0.1, 0.15) is 42.0 Å². The molecule has 0 unspecified atom stereocenters. The summed E-state index contributed by atoms with van der Waals surface area (Å²) in [7, 11) is 4.09. The number of nitrogens with zero attached hydrogens (tertiary/aromatic N) is 3. The fraction of sp³-hybridized carbons (Fsp3) is 0.545. The van der Waals surface area contributed by atoms with E-state index in [-0.39, 0.29) is 11.7 Å². The molecule has 6 heteroatoms. The predicted octanol–water partition coefficient (Wildman–Crippen LogP) is 4.52. The van der Waals surface area contributed by atoms with Crippen molar-refractivity contribution >= 4 is 17.2 Å². The van der Waals surface area contributed by atoms with Gasteiger partial charge in [0, 0.05) is 29.6 Å². The minimum atomic E-state index is -0.263. The summed E-state index contributed by atoms with van der Waals surface area (Å²) in [5, 5.41) is 0.930. The number of halogens is 1. The van der Waals surface area contributed by atoms with Crippen molar-refractivity contribution in [2.75, 3.05) is 27.2 Å². The lowest BCUT2D eigenvalue weighted by molar-refractivity contribution is -0.133. The van der Waals surface area contributed by atoms with Crippen molar-refractivity contribution in [1.29, 1.82) is 0 Å². The van der Waals surface area contributed by atoms with Crippen LogP contribution < -0.4 is 0 Å². The number of hydrogen-bond donors (Lipinski definition) is 0. The average Bonchev–Trinajstić information content (AvgIpc) is 3.03. The van der Waals surface area contributed by atoms with Crippen LogP contribution >= 0.6 is 11.3 Å². The number of rotatable bonds is 7. The molecule has 0 radical (unpaired) electrons. The number of aromatic nitrogens is 1. The second kappa shape index (κ2) is 9.61. The largest absolute Gasteiger partial charge is 0.338 e. The van der Waals surface area contributed by atoms with Crippen LogP contribution in [0.25, 0.3) is 11.3 Å². The lowest BCUT2D eigenvalue weighted by atomic mass is 9.94. The van der Waals surface area contributed by atoms with E-state index in [0.29, 0.717) is 12.5 Å². The Bertz CT molecular complexity index is 782. The monoisotopic (exact) mass is 403 g/mol. The van der Waals surface area contributed by atoms with Crippen LogP contribution in [-0.4, -0.2) is 53.9 Å². The highest BCUT2D eigenvalue weighted by atomic mass is 32.1. The number of thiazole rings is 1. The van der Waals surface area contributed by atoms with Crippen molar-refractivity contribution in [3.05, 3.63) is 40.0 Å². The molecule has 152 valence electrons. The number of hydrogen-bond acceptors (Lipinski definition) is 4. The molecule has 1 amide bonds. The van der Waals surface area contributed by atoms with Crippen molar-refractivity contribution in [2.45, 2.75) is 51.5 Å². The van der Waals surface area contributed by atoms with Gasteiger partial charge in [-0.1, -0.05) is 19.3 Å². The van der Waals surface area contributed by atoms with E-state index in [9.17, 15) is 9.18 Å². The number of carbonyl (C=O) groups excluding carboxylic acids is 1. The molecule has 0 N–H and O–H groups in total. The van der Waals surface area contributed by atoms with E-state index in [0.717, 1.165) is 47.1 Å². The van der Waals surface area contributed by atoms with Gasteiger partial charge in [-0.3, -0.25) is 4.79 Å². The van der Waals surface area contributed by atoms with Crippen LogP contribution in [0.5, 0.6) is 0 Å². The van der Waals surface area contributed by atoms with E-state index < -0.39 is 0 Å². The van der Waals surface area contributed by atoms with E-state index in [1.165, 1.54) is 31.4 Å². The molecule has 1 aliphatic rings. The Hall–Kier alpha value is -1.79. The molecule has 1 fully saturated rings. The van der Waals surface area contributed by atoms with E-state index in [1.54, 1.807) is 23.5 Å². The summed E-state index contributed by atoms with van der Waals surface area (Å²) in [5.41, 5.74) is 1.68. The molecule has 1 heterocycles. The number of benzene rings is 1. The van der Waals surface area contributed by atoms with E-state index in [4.69, 9.17) is 0 Å². The van der Waals surface area contributed by atoms with Crippen LogP contribution in [0, 0.1) is 12.7 Å². The van der Waals surface area contributed by atoms with Crippen LogP contribution in [0.3, 0.4) is 0 Å². The summed E-state index contributed by atoms with van der Waals surface area (Å²) in [6.07, 6.45) is 6.25. The Balaban J connectivity index is 1.79. The van der Waals surface area contributed by atoms with Gasteiger partial charge in [-0.2, -0.15) is 0 Å². The SMILES string of the molecule is Cc1nc(-c2ccc(F)cc2)c(CC(=O)N(CCN(C)C)C2CCCCC2)s1. The van der Waals surface area contributed by atoms with E-state index in [2.05, 4.69) is 14.8 Å². The van der Waals surface area contributed by atoms with Gasteiger partial charge < -0.3 is 9.80 Å². The maximum atomic E-state index is 13.3. The normalized spacial score (nSPS) is 15.2. The zero-order valence-corrected chi connectivity index (χ0v) is 17.9. The van der Waals surface area contributed by atoms with Gasteiger partial charge in [-0.25, -0.2) is 9.37 Å². The molecule has 0 aliphatic heterocycles. The molecule has 0 atom stereocenters. The van der Waals surface area contributed by atoms with Gasteiger partial charge >= 0.3 is 0 Å². The van der Waals surface area contributed by atoms with Gasteiger partial charge in [0.2, 0.25) is 5.91 Å². The molecule has 1 aliphatic carbocycles. The zero-order chi connectivity index (χ0) is 20.1. The Labute approximate surface area is 171 Å². The summed E-state index contributed by atoms with van der Waals surface area (Å²) in [5.74, 6) is -0.0822. The van der Waals surface area contributed by atoms with Gasteiger partial charge in [-0.15, -0.1) is 11.3 Å². The van der Waals surface area contributed by atoms with Crippen LogP contribution in [0.4, 0.5) is 4.39 Å². The van der Waals surface area contributed by atoms with Crippen molar-refractivity contribution in [3.63, 3.8) is 0 Å². The summed E-state index contributed by atoms with van der Waals surface area (Å²) in [6, 6.07) is 6.72. The van der Waals surface area contributed by atoms with Crippen molar-refractivity contribution in [3.8, 4) is 11.3 Å². The molecule has 2 aromatic rings. The average molecular weight is 404 g/mol. The highest BCUT2D eigenvalue weighted by Crippen LogP contribution is 2.30. The molecule has 0 bridgehead atoms. The van der Waals surface area contributed by atoms with Gasteiger partial charge in [0.05, 0.1) is 17.1 Å². The molecule has 3 rings (SSSR count). The molecule has 1 saturated carbocycles. The first-order valence-electron chi connectivity index (χ1n) is 10.1. The van der Waals surface area contributed by atoms with Crippen molar-refractivity contribution in [2.24, 2.45) is 0 Å². The minimum absolute atomic E-state index is 0.181. The first-order valence-corrected chi connectivity index (χ1v) is 10.9. The molecule has 28 heavy (non-hydrogen) atoms. The third kappa shape index (κ3) is 5.39. The molecule has 0 spiro atoms. The third-order valence-electron chi connectivity index (χ3n) is 5.36. The summed E-state index contributed by atoms with van der Waals surface area (Å²) >= 11 is 1.57. The Kier molecular flexibility index (Phi) is 7.18. The quantitative estimate of drug-likeness (QED) is 0.682. The maximum absolute atomic E-state index is 13.3. The molecule has 4 nitrogen and oxygen atoms in total. The molecular weight excluding hydrogens is 373 g/mol. The number of amides is 1. The Morgan fingerprint density at radius 1 is 1.14 bits per heavy atom. The standard InChI is InChI=1S/C22H30FN3OS/c1-16-24-22(17-9-11-18(23)12-10-17)20(28-16)15-21(27)26(14-13-25(2)3)19-7-5-4-6-8-19/h9-12,19H,4-8,13-15H2,1-3H3. The Morgan fingerprint density at radius 2 is 1.82 bits per heavy atom. The molecular formula is C22H30FN3OS. The fourth-order valence-electron chi connectivity index (χ4n) is 3.87. The second-order valence-corrected chi connectivity index (χ2v) is 9.16. The van der Waals surface area contributed by atoms with Gasteiger partial charge in [0.15, 0.2) is 0 Å². The molecule has 1 aromatic heterocycles. The topological polar surface area (TPSA) is 36.4 Å². The number of carbonyl (C=O) groups is 1. The van der Waals surface area contributed by atoms with E-state index >= 15 is 0 Å².